The van der Waals surface area contributed by atoms with E-state index in [1.165, 1.54) is 12.8 Å². The maximum atomic E-state index is 11.9. The lowest BCUT2D eigenvalue weighted by Gasteiger charge is -2.48. The van der Waals surface area contributed by atoms with Gasteiger partial charge in [-0.25, -0.2) is 46.1 Å². The van der Waals surface area contributed by atoms with Crippen molar-refractivity contribution in [3.05, 3.63) is 91.4 Å². The van der Waals surface area contributed by atoms with Gasteiger partial charge in [-0.15, -0.1) is 0 Å². The molecule has 6 aliphatic rings. The molecule has 78 heavy (non-hydrogen) atoms. The van der Waals surface area contributed by atoms with Crippen molar-refractivity contribution in [2.24, 2.45) is 23.7 Å². The van der Waals surface area contributed by atoms with Crippen molar-refractivity contribution >= 4 is 100 Å². The minimum atomic E-state index is -2.84. The van der Waals surface area contributed by atoms with Gasteiger partial charge in [0.15, 0.2) is 22.7 Å². The van der Waals surface area contributed by atoms with Gasteiger partial charge in [-0.1, -0.05) is 58.5 Å². The Morgan fingerprint density at radius 2 is 0.936 bits per heavy atom. The van der Waals surface area contributed by atoms with Crippen LogP contribution >= 0.6 is 46.4 Å². The summed E-state index contributed by atoms with van der Waals surface area (Å²) in [5.41, 5.74) is 4.22. The SMILES string of the molecule is C[C@H](c1ccc(Cl)cc1Cl)n1nc(C#N)c2ncc(N3CC([C@@H]4CCCN(C5CCS(=O)(=O)CC5)C4)C3)nc21.C[C@H](c1ccc(Cl)cc1Cl)n1nc(C#N)c2ncc(N3CC([C@H]4CCCN(C5CCS(=O)(=O)CC5)C4)C3)nc21. The van der Waals surface area contributed by atoms with E-state index in [-0.39, 0.29) is 23.5 Å². The minimum absolute atomic E-state index is 0.236. The van der Waals surface area contributed by atoms with Gasteiger partial charge >= 0.3 is 0 Å². The van der Waals surface area contributed by atoms with Crippen molar-refractivity contribution in [1.82, 2.24) is 49.3 Å². The Labute approximate surface area is 475 Å². The van der Waals surface area contributed by atoms with Crippen molar-refractivity contribution in [3.63, 3.8) is 0 Å². The Hall–Kier alpha value is -4.90. The fourth-order valence-electron chi connectivity index (χ4n) is 12.7. The molecule has 0 spiro atoms. The largest absolute Gasteiger partial charge is 0.355 e. The highest BCUT2D eigenvalue weighted by molar-refractivity contribution is 7.91. The van der Waals surface area contributed by atoms with Crippen molar-refractivity contribution in [2.75, 3.05) is 85.2 Å². The van der Waals surface area contributed by atoms with E-state index in [9.17, 15) is 27.4 Å². The number of rotatable bonds is 10. The molecule has 0 unspecified atom stereocenters. The third-order valence-electron chi connectivity index (χ3n) is 17.4. The van der Waals surface area contributed by atoms with Gasteiger partial charge in [0.25, 0.3) is 0 Å². The van der Waals surface area contributed by atoms with Crippen LogP contribution in [0, 0.1) is 46.3 Å². The molecular formula is C54H62Cl4N14O4S2. The van der Waals surface area contributed by atoms with Crippen LogP contribution in [-0.4, -0.2) is 154 Å². The number of fused-ring (bicyclic) bond motifs is 2. The first-order valence-electron chi connectivity index (χ1n) is 27.0. The number of sulfone groups is 2. The van der Waals surface area contributed by atoms with Gasteiger partial charge in [0, 0.05) is 71.4 Å². The molecule has 0 aliphatic carbocycles. The lowest BCUT2D eigenvalue weighted by atomic mass is 9.80. The molecule has 0 bridgehead atoms. The molecule has 0 radical (unpaired) electrons. The number of anilines is 2. The van der Waals surface area contributed by atoms with Crippen LogP contribution in [-0.2, 0) is 19.7 Å². The van der Waals surface area contributed by atoms with Gasteiger partial charge in [-0.2, -0.15) is 20.7 Å². The van der Waals surface area contributed by atoms with Crippen molar-refractivity contribution in [1.29, 1.82) is 10.5 Å². The molecule has 18 nitrogen and oxygen atoms in total. The van der Waals surface area contributed by atoms with Gasteiger partial charge in [0.1, 0.15) is 54.5 Å². The number of hydrogen-bond donors (Lipinski definition) is 0. The second kappa shape index (κ2) is 22.6. The number of halogens is 4. The van der Waals surface area contributed by atoms with E-state index in [0.717, 1.165) is 114 Å². The predicted octanol–water partition coefficient (Wildman–Crippen LogP) is 8.68. The summed E-state index contributed by atoms with van der Waals surface area (Å²) >= 11 is 25.1. The molecule has 412 valence electrons. The number of aromatic nitrogens is 8. The fourth-order valence-corrected chi connectivity index (χ4v) is 16.8. The minimum Gasteiger partial charge on any atom is -0.355 e. The summed E-state index contributed by atoms with van der Waals surface area (Å²) in [6, 6.07) is 15.2. The molecule has 12 rings (SSSR count). The molecule has 6 aromatic rings. The van der Waals surface area contributed by atoms with Crippen LogP contribution in [0.2, 0.25) is 20.1 Å². The highest BCUT2D eigenvalue weighted by Crippen LogP contribution is 2.39. The smallest absolute Gasteiger partial charge is 0.190 e. The van der Waals surface area contributed by atoms with Crippen molar-refractivity contribution < 1.29 is 16.8 Å². The Morgan fingerprint density at radius 1 is 0.551 bits per heavy atom. The quantitative estimate of drug-likeness (QED) is 0.125. The number of benzene rings is 2. The third kappa shape index (κ3) is 11.4. The molecule has 6 saturated heterocycles. The summed E-state index contributed by atoms with van der Waals surface area (Å²) in [5, 5.41) is 30.5. The Bertz CT molecular complexity index is 3300. The summed E-state index contributed by atoms with van der Waals surface area (Å²) < 4.78 is 50.9. The maximum absolute atomic E-state index is 11.9. The maximum Gasteiger partial charge on any atom is 0.190 e. The van der Waals surface area contributed by atoms with E-state index < -0.39 is 19.7 Å². The zero-order valence-electron chi connectivity index (χ0n) is 43.6. The van der Waals surface area contributed by atoms with Crippen LogP contribution < -0.4 is 9.80 Å². The normalized spacial score (nSPS) is 23.4. The van der Waals surface area contributed by atoms with Gasteiger partial charge in [-0.05, 0) is 137 Å². The molecule has 4 atom stereocenters. The summed E-state index contributed by atoms with van der Waals surface area (Å²) in [4.78, 5) is 28.6. The highest BCUT2D eigenvalue weighted by Gasteiger charge is 2.41. The topological polar surface area (TPSA) is 216 Å². The average Bonchev–Trinajstić information content (AvgIpc) is 4.16. The first-order valence-corrected chi connectivity index (χ1v) is 32.2. The Kier molecular flexibility index (Phi) is 15.9. The number of nitrogens with zero attached hydrogens (tertiary/aromatic N) is 14. The zero-order chi connectivity index (χ0) is 54.6. The van der Waals surface area contributed by atoms with E-state index in [0.29, 0.717) is 101 Å². The third-order valence-corrected chi connectivity index (χ3v) is 22.0. The van der Waals surface area contributed by atoms with Crippen LogP contribution in [0.5, 0.6) is 0 Å². The molecule has 0 N–H and O–H groups in total. The first kappa shape index (κ1) is 55.0. The van der Waals surface area contributed by atoms with Crippen molar-refractivity contribution in [2.45, 2.75) is 89.4 Å². The molecule has 10 heterocycles. The summed E-state index contributed by atoms with van der Waals surface area (Å²) in [5.74, 6) is 5.21. The number of likely N-dealkylation sites (tertiary alicyclic amines) is 2. The van der Waals surface area contributed by atoms with Crippen LogP contribution in [0.1, 0.15) is 99.8 Å². The molecule has 0 saturated carbocycles. The van der Waals surface area contributed by atoms with E-state index in [4.69, 9.17) is 56.4 Å². The van der Waals surface area contributed by atoms with Crippen LogP contribution in [0.4, 0.5) is 11.6 Å². The summed E-state index contributed by atoms with van der Waals surface area (Å²) in [6.45, 7) is 11.8. The summed E-state index contributed by atoms with van der Waals surface area (Å²) in [7, 11) is -5.68. The molecule has 2 aromatic carbocycles. The Balaban J connectivity index is 0.000000165. The molecule has 24 heteroatoms. The van der Waals surface area contributed by atoms with Gasteiger partial charge < -0.3 is 19.6 Å². The second-order valence-corrected chi connectivity index (χ2v) is 28.5. The number of hydrogen-bond acceptors (Lipinski definition) is 16. The lowest BCUT2D eigenvalue weighted by molar-refractivity contribution is 0.0798. The predicted molar refractivity (Wildman–Crippen MR) is 304 cm³/mol. The molecule has 6 fully saturated rings. The van der Waals surface area contributed by atoms with E-state index in [1.807, 2.05) is 26.0 Å². The molecule has 6 aliphatic heterocycles. The van der Waals surface area contributed by atoms with Crippen LogP contribution in [0.15, 0.2) is 48.8 Å². The monoisotopic (exact) mass is 1170 g/mol. The number of piperidine rings is 2. The van der Waals surface area contributed by atoms with Crippen molar-refractivity contribution in [3.8, 4) is 12.1 Å². The molecule has 0 amide bonds. The second-order valence-electron chi connectivity index (χ2n) is 22.2. The lowest BCUT2D eigenvalue weighted by Crippen LogP contribution is -2.55. The Morgan fingerprint density at radius 3 is 1.29 bits per heavy atom. The van der Waals surface area contributed by atoms with E-state index in [2.05, 4.69) is 51.9 Å². The first-order chi connectivity index (χ1) is 37.4. The van der Waals surface area contributed by atoms with Gasteiger partial charge in [0.2, 0.25) is 0 Å². The van der Waals surface area contributed by atoms with Gasteiger partial charge in [0.05, 0.1) is 47.5 Å². The summed E-state index contributed by atoms with van der Waals surface area (Å²) in [6.07, 6.45) is 11.3. The standard InChI is InChI=1S/2C27H31Cl2N7O2S/c2*1-17(22-5-4-20(28)11-23(22)29)36-27-26(24(12-30)33-36)31-13-25(32-27)35-15-19(16-35)18-3-2-8-34(14-18)21-6-9-39(37,38)10-7-21/h2*4-5,11,13,17-19,21H,2-3,6-10,14-16H2,1H3/t17-,18+;17-,18-/m11/s1. The van der Waals surface area contributed by atoms with Gasteiger partial charge in [-0.3, -0.25) is 0 Å². The fraction of sp³-hybridized carbons (Fsp3) is 0.556. The number of nitriles is 2. The van der Waals surface area contributed by atoms with E-state index >= 15 is 0 Å². The average molecular weight is 1180 g/mol. The molecular weight excluding hydrogens is 1110 g/mol. The van der Waals surface area contributed by atoms with Crippen LogP contribution in [0.25, 0.3) is 22.3 Å². The highest BCUT2D eigenvalue weighted by atomic mass is 35.5. The zero-order valence-corrected chi connectivity index (χ0v) is 48.3. The molecule has 4 aromatic heterocycles. The van der Waals surface area contributed by atoms with E-state index in [1.54, 1.807) is 46.0 Å². The van der Waals surface area contributed by atoms with Crippen LogP contribution in [0.3, 0.4) is 0 Å².